The highest BCUT2D eigenvalue weighted by Crippen LogP contribution is 2.31. The van der Waals surface area contributed by atoms with Gasteiger partial charge in [-0.05, 0) is 36.8 Å². The van der Waals surface area contributed by atoms with Gasteiger partial charge in [0.05, 0.1) is 37.2 Å². The summed E-state index contributed by atoms with van der Waals surface area (Å²) < 4.78 is 11.9. The predicted molar refractivity (Wildman–Crippen MR) is 116 cm³/mol. The highest BCUT2D eigenvalue weighted by molar-refractivity contribution is 6.09. The van der Waals surface area contributed by atoms with Crippen molar-refractivity contribution in [2.24, 2.45) is 0 Å². The van der Waals surface area contributed by atoms with E-state index in [0.717, 1.165) is 5.56 Å². The van der Waals surface area contributed by atoms with Gasteiger partial charge in [-0.3, -0.25) is 9.59 Å². The number of aryl methyl sites for hydroxylation is 1. The summed E-state index contributed by atoms with van der Waals surface area (Å²) in [4.78, 5) is 28.2. The number of carbonyl (C=O) groups excluding carboxylic acids is 1. The number of H-pyrrole nitrogens is 1. The number of ether oxygens (including phenoxy) is 2. The summed E-state index contributed by atoms with van der Waals surface area (Å²) in [7, 11) is 2.96. The number of nitrogens with zero attached hydrogens (tertiary/aromatic N) is 2. The van der Waals surface area contributed by atoms with Crippen LogP contribution in [0.2, 0.25) is 0 Å². The highest BCUT2D eigenvalue weighted by Gasteiger charge is 2.23. The van der Waals surface area contributed by atoms with Crippen LogP contribution in [0.15, 0.2) is 53.5 Å². The van der Waals surface area contributed by atoms with Crippen LogP contribution in [0.3, 0.4) is 0 Å². The zero-order valence-corrected chi connectivity index (χ0v) is 17.1. The summed E-state index contributed by atoms with van der Waals surface area (Å²) in [5.41, 5.74) is 1.16. The van der Waals surface area contributed by atoms with E-state index in [4.69, 9.17) is 9.47 Å². The molecule has 0 aliphatic heterocycles. The number of anilines is 1. The number of aromatic hydroxyl groups is 1. The molecule has 3 N–H and O–H groups in total. The molecule has 1 amide bonds. The van der Waals surface area contributed by atoms with Gasteiger partial charge in [-0.2, -0.15) is 5.10 Å². The maximum absolute atomic E-state index is 12.8. The number of benzene rings is 2. The third kappa shape index (κ3) is 3.57. The van der Waals surface area contributed by atoms with Gasteiger partial charge in [-0.1, -0.05) is 12.1 Å². The van der Waals surface area contributed by atoms with Crippen molar-refractivity contribution in [3.8, 4) is 22.9 Å². The number of hydrogen-bond acceptors (Lipinski definition) is 6. The van der Waals surface area contributed by atoms with E-state index < -0.39 is 22.8 Å². The number of aromatic amines is 1. The number of carbonyl (C=O) groups is 1. The second-order valence-electron chi connectivity index (χ2n) is 6.86. The number of fused-ring (bicyclic) bond motifs is 1. The Hall–Kier alpha value is -4.27. The SMILES string of the molecule is COc1ccc(NC(=O)c2c(O)c3cnn(-c4cccc(C)c4)c3[nH]c2=O)c(OC)c1. The standard InChI is InChI=1S/C22H20N4O5/c1-12-5-4-6-13(9-12)26-20-15(11-23-26)19(27)18(22(29)25-20)21(28)24-16-8-7-14(30-2)10-17(16)31-3/h4-11H,1-3H3,(H,24,28)(H2,25,27,29). The first-order valence-electron chi connectivity index (χ1n) is 9.36. The molecule has 0 radical (unpaired) electrons. The van der Waals surface area contributed by atoms with E-state index in [-0.39, 0.29) is 11.0 Å². The van der Waals surface area contributed by atoms with Gasteiger partial charge in [-0.25, -0.2) is 4.68 Å². The van der Waals surface area contributed by atoms with E-state index in [9.17, 15) is 14.7 Å². The average molecular weight is 420 g/mol. The molecule has 31 heavy (non-hydrogen) atoms. The summed E-state index contributed by atoms with van der Waals surface area (Å²) >= 11 is 0. The van der Waals surface area contributed by atoms with Crippen LogP contribution < -0.4 is 20.3 Å². The number of amides is 1. The van der Waals surface area contributed by atoms with Crippen LogP contribution in [0.1, 0.15) is 15.9 Å². The predicted octanol–water partition coefficient (Wildman–Crippen LogP) is 3.00. The van der Waals surface area contributed by atoms with Crippen molar-refractivity contribution in [3.63, 3.8) is 0 Å². The van der Waals surface area contributed by atoms with Crippen molar-refractivity contribution in [1.82, 2.24) is 14.8 Å². The first kappa shape index (κ1) is 20.0. The fraction of sp³-hybridized carbons (Fsp3) is 0.136. The maximum Gasteiger partial charge on any atom is 0.266 e. The van der Waals surface area contributed by atoms with Crippen LogP contribution in [0, 0.1) is 6.92 Å². The minimum Gasteiger partial charge on any atom is -0.506 e. The van der Waals surface area contributed by atoms with E-state index in [1.54, 1.807) is 18.2 Å². The molecule has 4 rings (SSSR count). The second-order valence-corrected chi connectivity index (χ2v) is 6.86. The lowest BCUT2D eigenvalue weighted by atomic mass is 10.1. The monoisotopic (exact) mass is 420 g/mol. The van der Waals surface area contributed by atoms with Gasteiger partial charge < -0.3 is 24.9 Å². The molecule has 0 spiro atoms. The molecule has 0 aliphatic rings. The number of hydrogen-bond donors (Lipinski definition) is 3. The third-order valence-electron chi connectivity index (χ3n) is 4.85. The largest absolute Gasteiger partial charge is 0.506 e. The molecule has 2 aromatic heterocycles. The third-order valence-corrected chi connectivity index (χ3v) is 4.85. The molecule has 0 saturated carbocycles. The van der Waals surface area contributed by atoms with Crippen molar-refractivity contribution in [2.45, 2.75) is 6.92 Å². The van der Waals surface area contributed by atoms with E-state index in [1.165, 1.54) is 25.1 Å². The van der Waals surface area contributed by atoms with Crippen LogP contribution >= 0.6 is 0 Å². The average Bonchev–Trinajstić information content (AvgIpc) is 3.18. The molecule has 0 atom stereocenters. The molecule has 0 unspecified atom stereocenters. The van der Waals surface area contributed by atoms with Gasteiger partial charge in [0.1, 0.15) is 28.5 Å². The molecule has 0 fully saturated rings. The van der Waals surface area contributed by atoms with Crippen LogP contribution in [0.25, 0.3) is 16.7 Å². The lowest BCUT2D eigenvalue weighted by Crippen LogP contribution is -2.24. The zero-order valence-electron chi connectivity index (χ0n) is 17.1. The van der Waals surface area contributed by atoms with Crippen LogP contribution in [0.4, 0.5) is 5.69 Å². The number of nitrogens with one attached hydrogen (secondary N) is 2. The van der Waals surface area contributed by atoms with Crippen molar-refractivity contribution in [3.05, 3.63) is 70.1 Å². The number of pyridine rings is 1. The van der Waals surface area contributed by atoms with Gasteiger partial charge in [0.15, 0.2) is 0 Å². The molecule has 158 valence electrons. The molecule has 0 saturated heterocycles. The van der Waals surface area contributed by atoms with Gasteiger partial charge in [0.25, 0.3) is 11.5 Å². The fourth-order valence-corrected chi connectivity index (χ4v) is 3.31. The van der Waals surface area contributed by atoms with Crippen molar-refractivity contribution >= 4 is 22.6 Å². The Morgan fingerprint density at radius 2 is 1.97 bits per heavy atom. The molecule has 9 heteroatoms. The summed E-state index contributed by atoms with van der Waals surface area (Å²) in [5, 5.41) is 17.8. The van der Waals surface area contributed by atoms with Crippen LogP contribution in [0.5, 0.6) is 17.2 Å². The van der Waals surface area contributed by atoms with Gasteiger partial charge >= 0.3 is 0 Å². The van der Waals surface area contributed by atoms with E-state index >= 15 is 0 Å². The molecular weight excluding hydrogens is 400 g/mol. The summed E-state index contributed by atoms with van der Waals surface area (Å²) in [6.45, 7) is 1.94. The Morgan fingerprint density at radius 3 is 2.68 bits per heavy atom. The van der Waals surface area contributed by atoms with Crippen LogP contribution in [-0.4, -0.2) is 40.0 Å². The number of aromatic nitrogens is 3. The van der Waals surface area contributed by atoms with Gasteiger partial charge in [0.2, 0.25) is 0 Å². The van der Waals surface area contributed by atoms with Crippen molar-refractivity contribution in [2.75, 3.05) is 19.5 Å². The molecule has 2 aromatic carbocycles. The number of rotatable bonds is 5. The highest BCUT2D eigenvalue weighted by atomic mass is 16.5. The smallest absolute Gasteiger partial charge is 0.266 e. The summed E-state index contributed by atoms with van der Waals surface area (Å²) in [5.74, 6) is -0.354. The topological polar surface area (TPSA) is 118 Å². The summed E-state index contributed by atoms with van der Waals surface area (Å²) in [6, 6.07) is 12.3. The quantitative estimate of drug-likeness (QED) is 0.457. The number of methoxy groups -OCH3 is 2. The lowest BCUT2D eigenvalue weighted by Gasteiger charge is -2.12. The van der Waals surface area contributed by atoms with E-state index in [0.29, 0.717) is 22.9 Å². The molecule has 9 nitrogen and oxygen atoms in total. The van der Waals surface area contributed by atoms with Gasteiger partial charge in [-0.15, -0.1) is 0 Å². The normalized spacial score (nSPS) is 10.8. The summed E-state index contributed by atoms with van der Waals surface area (Å²) in [6.07, 6.45) is 1.40. The second kappa shape index (κ2) is 7.86. The minimum absolute atomic E-state index is 0.243. The van der Waals surface area contributed by atoms with E-state index in [1.807, 2.05) is 31.2 Å². The lowest BCUT2D eigenvalue weighted by molar-refractivity contribution is 0.102. The minimum atomic E-state index is -0.785. The Kier molecular flexibility index (Phi) is 5.08. The maximum atomic E-state index is 12.8. The van der Waals surface area contributed by atoms with Gasteiger partial charge in [0, 0.05) is 6.07 Å². The zero-order chi connectivity index (χ0) is 22.1. The molecule has 2 heterocycles. The Bertz CT molecular complexity index is 1360. The molecular formula is C22H20N4O5. The first-order chi connectivity index (χ1) is 14.9. The Balaban J connectivity index is 1.75. The Labute approximate surface area is 176 Å². The van der Waals surface area contributed by atoms with Crippen molar-refractivity contribution < 1.29 is 19.4 Å². The molecule has 4 aromatic rings. The van der Waals surface area contributed by atoms with Crippen LogP contribution in [-0.2, 0) is 0 Å². The van der Waals surface area contributed by atoms with E-state index in [2.05, 4.69) is 15.4 Å². The van der Waals surface area contributed by atoms with Crippen molar-refractivity contribution in [1.29, 1.82) is 0 Å². The molecule has 0 bridgehead atoms. The Morgan fingerprint density at radius 1 is 1.16 bits per heavy atom. The molecule has 0 aliphatic carbocycles. The first-order valence-corrected chi connectivity index (χ1v) is 9.36. The fourth-order valence-electron chi connectivity index (χ4n) is 3.31.